The van der Waals surface area contributed by atoms with Crippen molar-refractivity contribution in [1.29, 1.82) is 5.26 Å². The number of hydrogen-bond acceptors (Lipinski definition) is 3. The summed E-state index contributed by atoms with van der Waals surface area (Å²) in [5.41, 5.74) is 1.27. The molecule has 2 saturated heterocycles. The minimum Gasteiger partial charge on any atom is -0.338 e. The zero-order valence-corrected chi connectivity index (χ0v) is 10.1. The number of carbonyl (C=O) groups excluding carboxylic acids is 1. The van der Waals surface area contributed by atoms with Crippen molar-refractivity contribution in [1.82, 2.24) is 10.2 Å². The van der Waals surface area contributed by atoms with Crippen molar-refractivity contribution in [2.24, 2.45) is 11.8 Å². The molecule has 18 heavy (non-hydrogen) atoms. The topological polar surface area (TPSA) is 56.1 Å². The zero-order chi connectivity index (χ0) is 12.5. The molecule has 4 heteroatoms. The van der Waals surface area contributed by atoms with E-state index in [0.29, 0.717) is 23.0 Å². The average molecular weight is 241 g/mol. The van der Waals surface area contributed by atoms with Crippen LogP contribution in [0, 0.1) is 23.2 Å². The maximum atomic E-state index is 12.3. The molecule has 0 aromatic heterocycles. The number of nitriles is 1. The van der Waals surface area contributed by atoms with Gasteiger partial charge in [-0.25, -0.2) is 0 Å². The standard InChI is InChI=1S/C14H15N3O/c15-5-10-1-3-11(4-2-10)14(18)17-8-12-6-16-7-13(12)9-17/h1-4,12-13,16H,6-9H2/t12-,13+. The van der Waals surface area contributed by atoms with Gasteiger partial charge >= 0.3 is 0 Å². The molecule has 2 heterocycles. The molecule has 1 amide bonds. The van der Waals surface area contributed by atoms with Gasteiger partial charge in [0.1, 0.15) is 0 Å². The van der Waals surface area contributed by atoms with E-state index in [1.165, 1.54) is 0 Å². The van der Waals surface area contributed by atoms with Crippen molar-refractivity contribution in [2.45, 2.75) is 0 Å². The summed E-state index contributed by atoms with van der Waals surface area (Å²) in [5, 5.41) is 12.1. The van der Waals surface area contributed by atoms with Gasteiger partial charge in [0.15, 0.2) is 0 Å². The second kappa shape index (κ2) is 4.43. The highest BCUT2D eigenvalue weighted by Gasteiger charge is 2.38. The third kappa shape index (κ3) is 1.87. The molecule has 0 saturated carbocycles. The molecule has 1 aromatic carbocycles. The molecular formula is C14H15N3O. The Morgan fingerprint density at radius 3 is 2.39 bits per heavy atom. The smallest absolute Gasteiger partial charge is 0.253 e. The fraction of sp³-hybridized carbons (Fsp3) is 0.429. The number of nitrogens with one attached hydrogen (secondary N) is 1. The normalized spacial score (nSPS) is 25.8. The molecule has 1 aromatic rings. The second-order valence-electron chi connectivity index (χ2n) is 5.08. The minimum absolute atomic E-state index is 0.0916. The zero-order valence-electron chi connectivity index (χ0n) is 10.1. The van der Waals surface area contributed by atoms with E-state index in [1.54, 1.807) is 24.3 Å². The van der Waals surface area contributed by atoms with Crippen LogP contribution in [-0.2, 0) is 0 Å². The molecule has 0 unspecified atom stereocenters. The first-order valence-electron chi connectivity index (χ1n) is 6.28. The van der Waals surface area contributed by atoms with Crippen LogP contribution in [-0.4, -0.2) is 37.0 Å². The highest BCUT2D eigenvalue weighted by atomic mass is 16.2. The Morgan fingerprint density at radius 2 is 1.83 bits per heavy atom. The van der Waals surface area contributed by atoms with Gasteiger partial charge in [0.05, 0.1) is 11.6 Å². The van der Waals surface area contributed by atoms with Crippen molar-refractivity contribution in [2.75, 3.05) is 26.2 Å². The van der Waals surface area contributed by atoms with Crippen LogP contribution >= 0.6 is 0 Å². The predicted octanol–water partition coefficient (Wildman–Crippen LogP) is 0.850. The van der Waals surface area contributed by atoms with Gasteiger partial charge in [-0.3, -0.25) is 4.79 Å². The van der Waals surface area contributed by atoms with Crippen molar-refractivity contribution in [3.05, 3.63) is 35.4 Å². The third-order valence-electron chi connectivity index (χ3n) is 3.94. The first kappa shape index (κ1) is 11.2. The minimum atomic E-state index is 0.0916. The van der Waals surface area contributed by atoms with Gasteiger partial charge in [-0.1, -0.05) is 0 Å². The molecule has 3 rings (SSSR count). The van der Waals surface area contributed by atoms with E-state index in [-0.39, 0.29) is 5.91 Å². The Bertz CT molecular complexity index is 491. The Labute approximate surface area is 106 Å². The summed E-state index contributed by atoms with van der Waals surface area (Å²) in [6.07, 6.45) is 0. The number of rotatable bonds is 1. The largest absolute Gasteiger partial charge is 0.338 e. The summed E-state index contributed by atoms with van der Waals surface area (Å²) < 4.78 is 0. The monoisotopic (exact) mass is 241 g/mol. The van der Waals surface area contributed by atoms with Crippen molar-refractivity contribution in [3.8, 4) is 6.07 Å². The first-order valence-corrected chi connectivity index (χ1v) is 6.28. The lowest BCUT2D eigenvalue weighted by molar-refractivity contribution is 0.0781. The highest BCUT2D eigenvalue weighted by molar-refractivity contribution is 5.94. The fourth-order valence-corrected chi connectivity index (χ4v) is 2.89. The number of nitrogens with zero attached hydrogens (tertiary/aromatic N) is 2. The number of likely N-dealkylation sites (tertiary alicyclic amines) is 1. The number of hydrogen-bond donors (Lipinski definition) is 1. The van der Waals surface area contributed by atoms with Crippen molar-refractivity contribution in [3.63, 3.8) is 0 Å². The van der Waals surface area contributed by atoms with Gasteiger partial charge in [-0.2, -0.15) is 5.26 Å². The van der Waals surface area contributed by atoms with Gasteiger partial charge in [0.2, 0.25) is 0 Å². The Kier molecular flexibility index (Phi) is 2.77. The lowest BCUT2D eigenvalue weighted by Gasteiger charge is -2.17. The molecule has 1 N–H and O–H groups in total. The second-order valence-corrected chi connectivity index (χ2v) is 5.08. The van der Waals surface area contributed by atoms with Crippen LogP contribution in [0.2, 0.25) is 0 Å². The van der Waals surface area contributed by atoms with E-state index >= 15 is 0 Å². The van der Waals surface area contributed by atoms with Gasteiger partial charge in [-0.15, -0.1) is 0 Å². The van der Waals surface area contributed by atoms with Gasteiger partial charge in [0.25, 0.3) is 5.91 Å². The molecule has 92 valence electrons. The molecule has 2 aliphatic rings. The lowest BCUT2D eigenvalue weighted by Crippen LogP contribution is -2.31. The predicted molar refractivity (Wildman–Crippen MR) is 66.9 cm³/mol. The number of fused-ring (bicyclic) bond motifs is 1. The van der Waals surface area contributed by atoms with Crippen LogP contribution in [0.25, 0.3) is 0 Å². The summed E-state index contributed by atoms with van der Waals surface area (Å²) >= 11 is 0. The number of benzene rings is 1. The van der Waals surface area contributed by atoms with E-state index in [0.717, 1.165) is 26.2 Å². The molecule has 0 radical (unpaired) electrons. The Morgan fingerprint density at radius 1 is 1.22 bits per heavy atom. The molecule has 4 nitrogen and oxygen atoms in total. The summed E-state index contributed by atoms with van der Waals surface area (Å²) in [4.78, 5) is 14.2. The van der Waals surface area contributed by atoms with Crippen LogP contribution in [0.3, 0.4) is 0 Å². The van der Waals surface area contributed by atoms with Crippen LogP contribution < -0.4 is 5.32 Å². The Balaban J connectivity index is 1.73. The van der Waals surface area contributed by atoms with E-state index in [9.17, 15) is 4.79 Å². The van der Waals surface area contributed by atoms with Crippen molar-refractivity contribution < 1.29 is 4.79 Å². The van der Waals surface area contributed by atoms with Crippen LogP contribution in [0.5, 0.6) is 0 Å². The lowest BCUT2D eigenvalue weighted by atomic mass is 10.0. The highest BCUT2D eigenvalue weighted by Crippen LogP contribution is 2.27. The van der Waals surface area contributed by atoms with Gasteiger partial charge in [-0.05, 0) is 36.1 Å². The molecule has 2 aliphatic heterocycles. The molecule has 0 bridgehead atoms. The Hall–Kier alpha value is -1.86. The summed E-state index contributed by atoms with van der Waals surface area (Å²) in [5.74, 6) is 1.33. The summed E-state index contributed by atoms with van der Waals surface area (Å²) in [6, 6.07) is 8.95. The molecule has 0 spiro atoms. The summed E-state index contributed by atoms with van der Waals surface area (Å²) in [7, 11) is 0. The summed E-state index contributed by atoms with van der Waals surface area (Å²) in [6.45, 7) is 3.77. The maximum Gasteiger partial charge on any atom is 0.253 e. The van der Waals surface area contributed by atoms with Gasteiger partial charge in [0, 0.05) is 31.7 Å². The van der Waals surface area contributed by atoms with E-state index in [2.05, 4.69) is 11.4 Å². The number of amides is 1. The fourth-order valence-electron chi connectivity index (χ4n) is 2.89. The molecule has 2 fully saturated rings. The van der Waals surface area contributed by atoms with E-state index in [4.69, 9.17) is 5.26 Å². The van der Waals surface area contributed by atoms with E-state index < -0.39 is 0 Å². The number of carbonyl (C=O) groups is 1. The first-order chi connectivity index (χ1) is 8.78. The maximum absolute atomic E-state index is 12.3. The van der Waals surface area contributed by atoms with Gasteiger partial charge < -0.3 is 10.2 Å². The quantitative estimate of drug-likeness (QED) is 0.793. The SMILES string of the molecule is N#Cc1ccc(C(=O)N2C[C@H]3CNC[C@H]3C2)cc1. The molecular weight excluding hydrogens is 226 g/mol. The molecule has 2 atom stereocenters. The van der Waals surface area contributed by atoms with Crippen LogP contribution in [0.15, 0.2) is 24.3 Å². The van der Waals surface area contributed by atoms with E-state index in [1.807, 2.05) is 4.90 Å². The van der Waals surface area contributed by atoms with Crippen molar-refractivity contribution >= 4 is 5.91 Å². The third-order valence-corrected chi connectivity index (χ3v) is 3.94. The van der Waals surface area contributed by atoms with Crippen LogP contribution in [0.4, 0.5) is 0 Å². The molecule has 0 aliphatic carbocycles. The van der Waals surface area contributed by atoms with Crippen LogP contribution in [0.1, 0.15) is 15.9 Å². The average Bonchev–Trinajstić information content (AvgIpc) is 2.99.